The second kappa shape index (κ2) is 4.68. The molecule has 0 saturated heterocycles. The number of hydrogen-bond acceptors (Lipinski definition) is 3. The van der Waals surface area contributed by atoms with E-state index in [-0.39, 0.29) is 5.56 Å². The fraction of sp³-hybridized carbons (Fsp3) is 0.0625. The van der Waals surface area contributed by atoms with Crippen molar-refractivity contribution >= 4 is 28.3 Å². The Labute approximate surface area is 130 Å². The average Bonchev–Trinajstić information content (AvgIpc) is 2.99. The molecule has 0 atom stereocenters. The Morgan fingerprint density at radius 2 is 1.95 bits per heavy atom. The summed E-state index contributed by atoms with van der Waals surface area (Å²) in [5, 5.41) is 0.571. The van der Waals surface area contributed by atoms with Crippen LogP contribution in [0.5, 0.6) is 0 Å². The van der Waals surface area contributed by atoms with E-state index in [4.69, 9.17) is 11.6 Å². The van der Waals surface area contributed by atoms with E-state index >= 15 is 0 Å². The Morgan fingerprint density at radius 1 is 1.09 bits per heavy atom. The first-order chi connectivity index (χ1) is 10.7. The molecule has 22 heavy (non-hydrogen) atoms. The fourth-order valence-corrected chi connectivity index (χ4v) is 2.86. The molecular formula is C16H11ClN4O. The van der Waals surface area contributed by atoms with Gasteiger partial charge < -0.3 is 0 Å². The lowest BCUT2D eigenvalue weighted by Crippen LogP contribution is -2.22. The van der Waals surface area contributed by atoms with E-state index in [9.17, 15) is 4.79 Å². The second-order valence-corrected chi connectivity index (χ2v) is 5.44. The van der Waals surface area contributed by atoms with Gasteiger partial charge in [-0.2, -0.15) is 0 Å². The van der Waals surface area contributed by atoms with E-state index in [0.717, 1.165) is 22.4 Å². The number of nitrogens with zero attached hydrogens (tertiary/aromatic N) is 4. The lowest BCUT2D eigenvalue weighted by Gasteiger charge is -2.13. The van der Waals surface area contributed by atoms with Crippen molar-refractivity contribution in [2.75, 3.05) is 0 Å². The first-order valence-electron chi connectivity index (χ1n) is 6.76. The Hall–Kier alpha value is -2.66. The Balaban J connectivity index is 2.29. The lowest BCUT2D eigenvalue weighted by molar-refractivity contribution is 0.981. The molecule has 108 valence electrons. The Bertz CT molecular complexity index is 1080. The summed E-state index contributed by atoms with van der Waals surface area (Å²) in [6.45, 7) is 1.87. The largest absolute Gasteiger partial charge is 0.299 e. The number of imidazole rings is 1. The first kappa shape index (κ1) is 13.0. The van der Waals surface area contributed by atoms with E-state index in [1.165, 1.54) is 0 Å². The summed E-state index contributed by atoms with van der Waals surface area (Å²) in [4.78, 5) is 21.3. The van der Waals surface area contributed by atoms with Crippen LogP contribution >= 0.6 is 11.6 Å². The van der Waals surface area contributed by atoms with Gasteiger partial charge in [-0.05, 0) is 37.3 Å². The topological polar surface area (TPSA) is 52.2 Å². The van der Waals surface area contributed by atoms with Crippen molar-refractivity contribution in [1.29, 1.82) is 0 Å². The highest BCUT2D eigenvalue weighted by molar-refractivity contribution is 6.31. The molecule has 0 spiro atoms. The van der Waals surface area contributed by atoms with Crippen LogP contribution < -0.4 is 5.56 Å². The number of pyridine rings is 1. The van der Waals surface area contributed by atoms with Crippen molar-refractivity contribution in [2.24, 2.45) is 0 Å². The molecule has 3 aromatic heterocycles. The average molecular weight is 311 g/mol. The predicted molar refractivity (Wildman–Crippen MR) is 85.8 cm³/mol. The first-order valence-corrected chi connectivity index (χ1v) is 7.14. The van der Waals surface area contributed by atoms with E-state index in [1.807, 2.05) is 19.1 Å². The number of fused-ring (bicyclic) bond motifs is 3. The number of halogens is 1. The van der Waals surface area contributed by atoms with Gasteiger partial charge in [0.2, 0.25) is 5.65 Å². The summed E-state index contributed by atoms with van der Waals surface area (Å²) in [5.41, 5.74) is 3.25. The molecule has 0 aliphatic rings. The van der Waals surface area contributed by atoms with Gasteiger partial charge in [0.1, 0.15) is 0 Å². The third-order valence-electron chi connectivity index (χ3n) is 3.69. The molecule has 5 nitrogen and oxygen atoms in total. The number of aryl methyl sites for hydroxylation is 1. The molecule has 0 fully saturated rings. The van der Waals surface area contributed by atoms with Crippen molar-refractivity contribution in [1.82, 2.24) is 18.9 Å². The fourth-order valence-electron chi connectivity index (χ4n) is 2.70. The SMILES string of the molecule is Cc1ncccc1-n1c(=O)c2nccn2c2ccc(Cl)cc21. The molecule has 0 bridgehead atoms. The van der Waals surface area contributed by atoms with Crippen molar-refractivity contribution in [3.63, 3.8) is 0 Å². The zero-order valence-electron chi connectivity index (χ0n) is 11.7. The molecular weight excluding hydrogens is 300 g/mol. The summed E-state index contributed by atoms with van der Waals surface area (Å²) in [6, 6.07) is 9.14. The molecule has 3 heterocycles. The van der Waals surface area contributed by atoms with Gasteiger partial charge in [-0.15, -0.1) is 0 Å². The van der Waals surface area contributed by atoms with Gasteiger partial charge >= 0.3 is 0 Å². The minimum atomic E-state index is -0.198. The molecule has 0 aliphatic carbocycles. The summed E-state index contributed by atoms with van der Waals surface area (Å²) in [5.74, 6) is 0. The maximum Gasteiger partial charge on any atom is 0.299 e. The molecule has 0 N–H and O–H groups in total. The van der Waals surface area contributed by atoms with Crippen LogP contribution in [0, 0.1) is 6.92 Å². The number of rotatable bonds is 1. The molecule has 0 saturated carbocycles. The van der Waals surface area contributed by atoms with Gasteiger partial charge in [0.15, 0.2) is 0 Å². The third kappa shape index (κ3) is 1.76. The predicted octanol–water partition coefficient (Wildman–Crippen LogP) is 3.00. The van der Waals surface area contributed by atoms with E-state index < -0.39 is 0 Å². The Morgan fingerprint density at radius 3 is 2.77 bits per heavy atom. The van der Waals surface area contributed by atoms with E-state index in [2.05, 4.69) is 9.97 Å². The molecule has 0 aliphatic heterocycles. The molecule has 0 unspecified atom stereocenters. The van der Waals surface area contributed by atoms with Crippen LogP contribution in [0.4, 0.5) is 0 Å². The van der Waals surface area contributed by atoms with Crippen LogP contribution in [-0.4, -0.2) is 18.9 Å². The summed E-state index contributed by atoms with van der Waals surface area (Å²) >= 11 is 6.14. The van der Waals surface area contributed by atoms with E-state index in [1.54, 1.807) is 45.8 Å². The van der Waals surface area contributed by atoms with Gasteiger partial charge in [0.05, 0.1) is 22.4 Å². The smallest absolute Gasteiger partial charge is 0.294 e. The summed E-state index contributed by atoms with van der Waals surface area (Å²) in [6.07, 6.45) is 5.09. The van der Waals surface area contributed by atoms with Crippen molar-refractivity contribution in [3.8, 4) is 5.69 Å². The van der Waals surface area contributed by atoms with Gasteiger partial charge in [0.25, 0.3) is 5.56 Å². The molecule has 1 aromatic carbocycles. The van der Waals surface area contributed by atoms with Gasteiger partial charge in [-0.25, -0.2) is 4.98 Å². The highest BCUT2D eigenvalue weighted by Gasteiger charge is 2.14. The Kier molecular flexibility index (Phi) is 2.77. The number of benzene rings is 1. The van der Waals surface area contributed by atoms with Crippen molar-refractivity contribution in [3.05, 3.63) is 70.0 Å². The zero-order valence-corrected chi connectivity index (χ0v) is 12.4. The quantitative estimate of drug-likeness (QED) is 0.543. The van der Waals surface area contributed by atoms with Crippen LogP contribution in [0.1, 0.15) is 5.69 Å². The molecule has 0 amide bonds. The van der Waals surface area contributed by atoms with Crippen molar-refractivity contribution in [2.45, 2.75) is 6.92 Å². The van der Waals surface area contributed by atoms with Gasteiger partial charge in [-0.3, -0.25) is 18.7 Å². The van der Waals surface area contributed by atoms with Crippen molar-refractivity contribution < 1.29 is 0 Å². The van der Waals surface area contributed by atoms with Crippen LogP contribution in [0.25, 0.3) is 22.4 Å². The van der Waals surface area contributed by atoms with Crippen LogP contribution in [-0.2, 0) is 0 Å². The summed E-state index contributed by atoms with van der Waals surface area (Å²) in [7, 11) is 0. The monoisotopic (exact) mass is 310 g/mol. The summed E-state index contributed by atoms with van der Waals surface area (Å²) < 4.78 is 3.39. The number of hydrogen-bond donors (Lipinski definition) is 0. The zero-order chi connectivity index (χ0) is 15.3. The molecule has 4 aromatic rings. The standard InChI is InChI=1S/C16H11ClN4O/c1-10-12(3-2-6-18-10)21-14-9-11(17)4-5-13(14)20-8-7-19-15(20)16(21)22/h2-9H,1H3. The molecule has 4 rings (SSSR count). The van der Waals surface area contributed by atoms with Crippen LogP contribution in [0.15, 0.2) is 53.7 Å². The van der Waals surface area contributed by atoms with Crippen LogP contribution in [0.3, 0.4) is 0 Å². The molecule has 6 heteroatoms. The maximum atomic E-state index is 12.9. The third-order valence-corrected chi connectivity index (χ3v) is 3.93. The highest BCUT2D eigenvalue weighted by Crippen LogP contribution is 2.22. The number of aromatic nitrogens is 4. The van der Waals surface area contributed by atoms with Crippen LogP contribution in [0.2, 0.25) is 5.02 Å². The highest BCUT2D eigenvalue weighted by atomic mass is 35.5. The minimum absolute atomic E-state index is 0.198. The van der Waals surface area contributed by atoms with E-state index in [0.29, 0.717) is 10.7 Å². The maximum absolute atomic E-state index is 12.9. The lowest BCUT2D eigenvalue weighted by atomic mass is 10.2. The minimum Gasteiger partial charge on any atom is -0.294 e. The molecule has 0 radical (unpaired) electrons. The normalized spacial score (nSPS) is 11.4. The second-order valence-electron chi connectivity index (χ2n) is 5.00. The van der Waals surface area contributed by atoms with Gasteiger partial charge in [0, 0.05) is 23.6 Å². The van der Waals surface area contributed by atoms with Gasteiger partial charge in [-0.1, -0.05) is 11.6 Å².